The van der Waals surface area contributed by atoms with Gasteiger partial charge >= 0.3 is 0 Å². The molecule has 7 nitrogen and oxygen atoms in total. The van der Waals surface area contributed by atoms with Crippen molar-refractivity contribution >= 4 is 23.3 Å². The van der Waals surface area contributed by atoms with E-state index in [9.17, 15) is 9.59 Å². The van der Waals surface area contributed by atoms with E-state index in [1.165, 1.54) is 0 Å². The number of hydrogen-bond acceptors (Lipinski definition) is 5. The summed E-state index contributed by atoms with van der Waals surface area (Å²) in [5.74, 6) is 0.747. The van der Waals surface area contributed by atoms with E-state index < -0.39 is 0 Å². The van der Waals surface area contributed by atoms with Crippen LogP contribution in [0.15, 0.2) is 18.3 Å². The van der Waals surface area contributed by atoms with E-state index in [2.05, 4.69) is 34.4 Å². The summed E-state index contributed by atoms with van der Waals surface area (Å²) in [4.78, 5) is 32.4. The Morgan fingerprint density at radius 3 is 2.67 bits per heavy atom. The lowest BCUT2D eigenvalue weighted by Gasteiger charge is -2.28. The highest BCUT2D eigenvalue weighted by molar-refractivity contribution is 5.94. The van der Waals surface area contributed by atoms with Crippen LogP contribution in [0.3, 0.4) is 0 Å². The van der Waals surface area contributed by atoms with Gasteiger partial charge in [-0.1, -0.05) is 20.8 Å². The number of amides is 2. The maximum atomic E-state index is 12.5. The Balaban J connectivity index is 2.00. The Labute approximate surface area is 143 Å². The van der Waals surface area contributed by atoms with Gasteiger partial charge in [0.15, 0.2) is 0 Å². The van der Waals surface area contributed by atoms with Crippen LogP contribution in [0.1, 0.15) is 27.2 Å². The molecule has 2 heterocycles. The van der Waals surface area contributed by atoms with Gasteiger partial charge in [-0.15, -0.1) is 0 Å². The zero-order chi connectivity index (χ0) is 17.5. The molecule has 0 aliphatic carbocycles. The lowest BCUT2D eigenvalue weighted by molar-refractivity contribution is -0.121. The molecule has 1 saturated heterocycles. The predicted molar refractivity (Wildman–Crippen MR) is 95.1 cm³/mol. The maximum absolute atomic E-state index is 12.5. The summed E-state index contributed by atoms with van der Waals surface area (Å²) in [6.45, 7) is 9.51. The number of pyridine rings is 1. The van der Waals surface area contributed by atoms with Gasteiger partial charge in [0, 0.05) is 13.1 Å². The highest BCUT2D eigenvalue weighted by Gasteiger charge is 2.22. The molecule has 1 atom stereocenters. The number of hydrogen-bond donors (Lipinski definition) is 2. The molecule has 7 heteroatoms. The van der Waals surface area contributed by atoms with Crippen LogP contribution < -0.4 is 15.5 Å². The molecule has 0 spiro atoms. The lowest BCUT2D eigenvalue weighted by Crippen LogP contribution is -2.48. The van der Waals surface area contributed by atoms with Gasteiger partial charge in [0.1, 0.15) is 5.82 Å². The van der Waals surface area contributed by atoms with E-state index in [4.69, 9.17) is 0 Å². The second kappa shape index (κ2) is 8.63. The summed E-state index contributed by atoms with van der Waals surface area (Å²) in [7, 11) is 0. The van der Waals surface area contributed by atoms with Crippen molar-refractivity contribution in [3.05, 3.63) is 18.3 Å². The van der Waals surface area contributed by atoms with Gasteiger partial charge in [-0.2, -0.15) is 0 Å². The quantitative estimate of drug-likeness (QED) is 0.781. The minimum Gasteiger partial charge on any atom is -0.353 e. The smallest absolute Gasteiger partial charge is 0.241 e. The minimum atomic E-state index is -0.134. The minimum absolute atomic E-state index is 0.00504. The van der Waals surface area contributed by atoms with Crippen LogP contribution in [0.25, 0.3) is 0 Å². The van der Waals surface area contributed by atoms with Crippen molar-refractivity contribution in [2.45, 2.75) is 33.2 Å². The second-order valence-electron chi connectivity index (χ2n) is 5.81. The van der Waals surface area contributed by atoms with Gasteiger partial charge < -0.3 is 15.5 Å². The fourth-order valence-electron chi connectivity index (χ4n) is 2.98. The largest absolute Gasteiger partial charge is 0.353 e. The van der Waals surface area contributed by atoms with Crippen molar-refractivity contribution in [1.29, 1.82) is 0 Å². The number of carbonyl (C=O) groups excluding carboxylic acids is 2. The monoisotopic (exact) mass is 333 g/mol. The Kier molecular flexibility index (Phi) is 6.54. The zero-order valence-corrected chi connectivity index (χ0v) is 14.7. The van der Waals surface area contributed by atoms with Crippen LogP contribution in [0, 0.1) is 0 Å². The normalized spacial score (nSPS) is 16.0. The molecule has 2 N–H and O–H groups in total. The van der Waals surface area contributed by atoms with Crippen molar-refractivity contribution in [3.8, 4) is 0 Å². The molecule has 1 fully saturated rings. The second-order valence-corrected chi connectivity index (χ2v) is 5.81. The van der Waals surface area contributed by atoms with E-state index in [1.807, 2.05) is 24.0 Å². The number of rotatable bonds is 7. The van der Waals surface area contributed by atoms with Crippen molar-refractivity contribution in [2.24, 2.45) is 0 Å². The summed E-state index contributed by atoms with van der Waals surface area (Å²) in [5.41, 5.74) is 0.677. The Bertz CT molecular complexity index is 557. The predicted octanol–water partition coefficient (Wildman–Crippen LogP) is 1.08. The molecular formula is C17H27N5O2. The number of piperazine rings is 1. The van der Waals surface area contributed by atoms with Crippen molar-refractivity contribution in [2.75, 3.05) is 42.9 Å². The third-order valence-electron chi connectivity index (χ3n) is 4.32. The third-order valence-corrected chi connectivity index (χ3v) is 4.32. The molecule has 0 radical (unpaired) electrons. The molecule has 1 aromatic heterocycles. The van der Waals surface area contributed by atoms with Crippen LogP contribution in [-0.2, 0) is 9.59 Å². The molecule has 1 aromatic rings. The van der Waals surface area contributed by atoms with E-state index in [-0.39, 0.29) is 17.9 Å². The number of likely N-dealkylation sites (N-methyl/N-ethyl adjacent to an activating group) is 1. The Hall–Kier alpha value is -2.15. The topological polar surface area (TPSA) is 77.6 Å². The van der Waals surface area contributed by atoms with E-state index in [0.717, 1.165) is 31.9 Å². The first kappa shape index (κ1) is 18.2. The first-order valence-electron chi connectivity index (χ1n) is 8.61. The first-order valence-corrected chi connectivity index (χ1v) is 8.61. The molecule has 24 heavy (non-hydrogen) atoms. The van der Waals surface area contributed by atoms with Gasteiger partial charge in [-0.05, 0) is 31.6 Å². The van der Waals surface area contributed by atoms with Crippen LogP contribution in [-0.4, -0.2) is 60.5 Å². The van der Waals surface area contributed by atoms with Gasteiger partial charge in [0.25, 0.3) is 0 Å². The summed E-state index contributed by atoms with van der Waals surface area (Å²) in [6, 6.07) is 3.54. The first-order chi connectivity index (χ1) is 11.6. The molecule has 132 valence electrons. The van der Waals surface area contributed by atoms with Crippen LogP contribution >= 0.6 is 0 Å². The molecular weight excluding hydrogens is 306 g/mol. The van der Waals surface area contributed by atoms with Gasteiger partial charge in [0.2, 0.25) is 11.8 Å². The number of nitrogens with one attached hydrogen (secondary N) is 2. The average Bonchev–Trinajstić information content (AvgIpc) is 2.60. The van der Waals surface area contributed by atoms with E-state index in [1.54, 1.807) is 6.20 Å². The van der Waals surface area contributed by atoms with Gasteiger partial charge in [-0.25, -0.2) is 4.98 Å². The fraction of sp³-hybridized carbons (Fsp3) is 0.588. The number of nitrogens with zero attached hydrogens (tertiary/aromatic N) is 3. The third kappa shape index (κ3) is 4.44. The van der Waals surface area contributed by atoms with Gasteiger partial charge in [-0.3, -0.25) is 14.5 Å². The highest BCUT2D eigenvalue weighted by Crippen LogP contribution is 2.16. The fourth-order valence-corrected chi connectivity index (χ4v) is 2.98. The number of anilines is 2. The molecule has 2 amide bonds. The maximum Gasteiger partial charge on any atom is 0.241 e. The van der Waals surface area contributed by atoms with Crippen LogP contribution in [0.5, 0.6) is 0 Å². The van der Waals surface area contributed by atoms with Crippen molar-refractivity contribution < 1.29 is 9.59 Å². The number of carbonyl (C=O) groups is 2. The van der Waals surface area contributed by atoms with Crippen molar-refractivity contribution in [3.63, 3.8) is 0 Å². The Morgan fingerprint density at radius 1 is 1.38 bits per heavy atom. The summed E-state index contributed by atoms with van der Waals surface area (Å²) < 4.78 is 0. The summed E-state index contributed by atoms with van der Waals surface area (Å²) in [6.07, 6.45) is 2.41. The van der Waals surface area contributed by atoms with Crippen LogP contribution in [0.4, 0.5) is 11.5 Å². The number of aromatic nitrogens is 1. The highest BCUT2D eigenvalue weighted by atomic mass is 16.2. The SMILES string of the molecule is CC[C@H](C(=O)Nc1ccc(N2CCNC(=O)C2)nc1)N(CC)CC. The molecule has 0 aromatic carbocycles. The van der Waals surface area contributed by atoms with E-state index in [0.29, 0.717) is 18.8 Å². The van der Waals surface area contributed by atoms with Crippen LogP contribution in [0.2, 0.25) is 0 Å². The molecule has 0 bridgehead atoms. The lowest BCUT2D eigenvalue weighted by atomic mass is 10.1. The standard InChI is InChI=1S/C17H27N5O2/c1-4-14(21(5-2)6-3)17(24)20-13-7-8-15(19-11-13)22-10-9-18-16(23)12-22/h7-8,11,14H,4-6,9-10,12H2,1-3H3,(H,18,23)(H,20,24)/t14-/m1/s1. The summed E-state index contributed by atoms with van der Waals surface area (Å²) >= 11 is 0. The molecule has 0 unspecified atom stereocenters. The molecule has 2 rings (SSSR count). The van der Waals surface area contributed by atoms with Gasteiger partial charge in [0.05, 0.1) is 24.5 Å². The summed E-state index contributed by atoms with van der Waals surface area (Å²) in [5, 5.41) is 5.73. The van der Waals surface area contributed by atoms with Crippen molar-refractivity contribution in [1.82, 2.24) is 15.2 Å². The average molecular weight is 333 g/mol. The molecule has 0 saturated carbocycles. The zero-order valence-electron chi connectivity index (χ0n) is 14.7. The van der Waals surface area contributed by atoms with E-state index >= 15 is 0 Å². The Morgan fingerprint density at radius 2 is 2.12 bits per heavy atom. The molecule has 1 aliphatic heterocycles. The molecule has 1 aliphatic rings.